The first-order chi connectivity index (χ1) is 9.38. The van der Waals surface area contributed by atoms with Crippen LogP contribution in [0.25, 0.3) is 0 Å². The van der Waals surface area contributed by atoms with Gasteiger partial charge in [-0.1, -0.05) is 13.8 Å². The molecule has 0 saturated carbocycles. The molecular formula is C12H17FN4O3. The van der Waals surface area contributed by atoms with Crippen molar-refractivity contribution in [1.29, 1.82) is 0 Å². The molecule has 0 spiro atoms. The van der Waals surface area contributed by atoms with E-state index in [0.717, 1.165) is 6.20 Å². The fourth-order valence-corrected chi connectivity index (χ4v) is 0.991. The highest BCUT2D eigenvalue weighted by Crippen LogP contribution is 2.16. The van der Waals surface area contributed by atoms with Crippen LogP contribution in [0, 0.1) is 11.7 Å². The molecule has 0 fully saturated rings. The lowest BCUT2D eigenvalue weighted by Crippen LogP contribution is -2.15. The van der Waals surface area contributed by atoms with Crippen LogP contribution in [0.2, 0.25) is 0 Å². The number of halogens is 1. The number of rotatable bonds is 5. The van der Waals surface area contributed by atoms with Crippen molar-refractivity contribution in [2.75, 3.05) is 20.7 Å². The summed E-state index contributed by atoms with van der Waals surface area (Å²) in [5.74, 6) is -0.761. The van der Waals surface area contributed by atoms with Crippen LogP contribution >= 0.6 is 0 Å². The van der Waals surface area contributed by atoms with Gasteiger partial charge in [0.2, 0.25) is 0 Å². The van der Waals surface area contributed by atoms with E-state index in [-0.39, 0.29) is 24.4 Å². The van der Waals surface area contributed by atoms with Gasteiger partial charge in [0.25, 0.3) is 0 Å². The van der Waals surface area contributed by atoms with E-state index in [4.69, 9.17) is 9.47 Å². The van der Waals surface area contributed by atoms with E-state index in [1.54, 1.807) is 19.0 Å². The number of hydrogen-bond donors (Lipinski definition) is 0. The summed E-state index contributed by atoms with van der Waals surface area (Å²) in [5.41, 5.74) is 0. The topological polar surface area (TPSA) is 76.9 Å². The second-order valence-electron chi connectivity index (χ2n) is 4.59. The Morgan fingerprint density at radius 2 is 2.25 bits per heavy atom. The van der Waals surface area contributed by atoms with Gasteiger partial charge >= 0.3 is 12.2 Å². The number of carbonyl (C=O) groups excluding carboxylic acids is 1. The van der Waals surface area contributed by atoms with E-state index >= 15 is 0 Å². The van der Waals surface area contributed by atoms with Crippen LogP contribution in [0.3, 0.4) is 0 Å². The maximum Gasteiger partial charge on any atom is 0.516 e. The summed E-state index contributed by atoms with van der Waals surface area (Å²) in [5, 5.41) is 0. The molecule has 1 aromatic heterocycles. The van der Waals surface area contributed by atoms with Gasteiger partial charge < -0.3 is 14.4 Å². The van der Waals surface area contributed by atoms with E-state index in [9.17, 15) is 9.18 Å². The zero-order valence-electron chi connectivity index (χ0n) is 11.8. The standard InChI is InChI=1S/C12H17FN4O3/c1-8(2)6-19-12(18)20-11-14-5-9(13)10(16-11)15-7-17(3)4/h5,7-8H,6H2,1-4H3/b15-7+. The third-order valence-electron chi connectivity index (χ3n) is 1.82. The van der Waals surface area contributed by atoms with Gasteiger partial charge in [0.15, 0.2) is 11.6 Å². The molecule has 0 aliphatic heterocycles. The van der Waals surface area contributed by atoms with Gasteiger partial charge in [-0.15, -0.1) is 0 Å². The van der Waals surface area contributed by atoms with Crippen molar-refractivity contribution in [3.63, 3.8) is 0 Å². The molecule has 0 atom stereocenters. The Morgan fingerprint density at radius 1 is 1.55 bits per heavy atom. The molecule has 0 N–H and O–H groups in total. The molecule has 1 aromatic rings. The summed E-state index contributed by atoms with van der Waals surface area (Å²) >= 11 is 0. The predicted molar refractivity (Wildman–Crippen MR) is 70.6 cm³/mol. The van der Waals surface area contributed by atoms with Gasteiger partial charge in [-0.05, 0) is 5.92 Å². The van der Waals surface area contributed by atoms with Crippen LogP contribution < -0.4 is 4.74 Å². The Balaban J connectivity index is 2.72. The van der Waals surface area contributed by atoms with Crippen LogP contribution in [-0.4, -0.2) is 48.1 Å². The number of hydrogen-bond acceptors (Lipinski definition) is 6. The predicted octanol–water partition coefficient (Wildman–Crippen LogP) is 2.01. The largest absolute Gasteiger partial charge is 0.516 e. The van der Waals surface area contributed by atoms with E-state index in [1.165, 1.54) is 6.34 Å². The Labute approximate surface area is 116 Å². The third-order valence-corrected chi connectivity index (χ3v) is 1.82. The van der Waals surface area contributed by atoms with Crippen molar-refractivity contribution >= 4 is 18.3 Å². The summed E-state index contributed by atoms with van der Waals surface area (Å²) < 4.78 is 22.9. The minimum atomic E-state index is -0.937. The quantitative estimate of drug-likeness (QED) is 0.467. The smallest absolute Gasteiger partial charge is 0.434 e. The number of aliphatic imine (C=N–C) groups is 1. The SMILES string of the molecule is CC(C)COC(=O)Oc1ncc(F)c(/N=C/N(C)C)n1. The second kappa shape index (κ2) is 7.37. The lowest BCUT2D eigenvalue weighted by atomic mass is 10.2. The van der Waals surface area contributed by atoms with Crippen LogP contribution in [-0.2, 0) is 4.74 Å². The lowest BCUT2D eigenvalue weighted by molar-refractivity contribution is 0.0855. The monoisotopic (exact) mass is 284 g/mol. The summed E-state index contributed by atoms with van der Waals surface area (Å²) in [7, 11) is 3.45. The van der Waals surface area contributed by atoms with Gasteiger partial charge in [-0.25, -0.2) is 19.2 Å². The number of ether oxygens (including phenoxy) is 2. The van der Waals surface area contributed by atoms with Gasteiger partial charge in [0, 0.05) is 14.1 Å². The Kier molecular flexibility index (Phi) is 5.82. The second-order valence-corrected chi connectivity index (χ2v) is 4.59. The molecule has 1 heterocycles. The molecule has 0 aliphatic carbocycles. The van der Waals surface area contributed by atoms with Gasteiger partial charge in [-0.3, -0.25) is 0 Å². The Morgan fingerprint density at radius 3 is 2.85 bits per heavy atom. The van der Waals surface area contributed by atoms with Crippen molar-refractivity contribution in [3.05, 3.63) is 12.0 Å². The van der Waals surface area contributed by atoms with Gasteiger partial charge in [0.05, 0.1) is 19.1 Å². The molecule has 1 rings (SSSR count). The lowest BCUT2D eigenvalue weighted by Gasteiger charge is -2.07. The zero-order valence-corrected chi connectivity index (χ0v) is 11.8. The highest BCUT2D eigenvalue weighted by atomic mass is 19.1. The highest BCUT2D eigenvalue weighted by molar-refractivity contribution is 5.63. The first kappa shape index (κ1) is 15.8. The molecule has 8 heteroatoms. The van der Waals surface area contributed by atoms with Crippen molar-refractivity contribution in [2.45, 2.75) is 13.8 Å². The summed E-state index contributed by atoms with van der Waals surface area (Å²) in [6, 6.07) is -0.314. The molecule has 0 saturated heterocycles. The summed E-state index contributed by atoms with van der Waals surface area (Å²) in [6.07, 6.45) is 1.31. The van der Waals surface area contributed by atoms with E-state index in [1.807, 2.05) is 13.8 Å². The van der Waals surface area contributed by atoms with Crippen LogP contribution in [0.4, 0.5) is 15.0 Å². The number of aromatic nitrogens is 2. The average molecular weight is 284 g/mol. The normalized spacial score (nSPS) is 10.9. The third kappa shape index (κ3) is 5.59. The molecule has 0 amide bonds. The molecule has 7 nitrogen and oxygen atoms in total. The van der Waals surface area contributed by atoms with Crippen molar-refractivity contribution in [1.82, 2.24) is 14.9 Å². The molecule has 20 heavy (non-hydrogen) atoms. The number of carbonyl (C=O) groups is 1. The molecule has 110 valence electrons. The Bertz CT molecular complexity index is 492. The maximum atomic E-state index is 13.4. The van der Waals surface area contributed by atoms with Crippen molar-refractivity contribution in [3.8, 4) is 6.01 Å². The summed E-state index contributed by atoms with van der Waals surface area (Å²) in [4.78, 5) is 23.9. The van der Waals surface area contributed by atoms with Crippen LogP contribution in [0.15, 0.2) is 11.2 Å². The first-order valence-electron chi connectivity index (χ1n) is 5.96. The fraction of sp³-hybridized carbons (Fsp3) is 0.500. The van der Waals surface area contributed by atoms with E-state index < -0.39 is 12.0 Å². The molecule has 0 bridgehead atoms. The van der Waals surface area contributed by atoms with Gasteiger partial charge in [0.1, 0.15) is 0 Å². The molecule has 0 aromatic carbocycles. The minimum Gasteiger partial charge on any atom is -0.434 e. The molecular weight excluding hydrogens is 267 g/mol. The number of nitrogens with zero attached hydrogens (tertiary/aromatic N) is 4. The highest BCUT2D eigenvalue weighted by Gasteiger charge is 2.12. The molecule has 0 aliphatic rings. The minimum absolute atomic E-state index is 0.178. The van der Waals surface area contributed by atoms with E-state index in [0.29, 0.717) is 0 Å². The maximum absolute atomic E-state index is 13.4. The van der Waals surface area contributed by atoms with Crippen molar-refractivity contribution < 1.29 is 18.7 Å². The van der Waals surface area contributed by atoms with Gasteiger partial charge in [-0.2, -0.15) is 4.98 Å². The average Bonchev–Trinajstić information content (AvgIpc) is 2.37. The molecule has 0 unspecified atom stereocenters. The summed E-state index contributed by atoms with van der Waals surface area (Å²) in [6.45, 7) is 3.98. The fourth-order valence-electron chi connectivity index (χ4n) is 0.991. The molecule has 0 radical (unpaired) electrons. The first-order valence-corrected chi connectivity index (χ1v) is 5.96. The zero-order chi connectivity index (χ0) is 15.1. The van der Waals surface area contributed by atoms with E-state index in [2.05, 4.69) is 15.0 Å². The van der Waals surface area contributed by atoms with Crippen LogP contribution in [0.5, 0.6) is 6.01 Å². The Hall–Kier alpha value is -2.25. The van der Waals surface area contributed by atoms with Crippen LogP contribution in [0.1, 0.15) is 13.8 Å². The van der Waals surface area contributed by atoms with Crippen molar-refractivity contribution in [2.24, 2.45) is 10.9 Å².